The molecule has 1 aromatic carbocycles. The van der Waals surface area contributed by atoms with Crippen molar-refractivity contribution in [2.45, 2.75) is 19.8 Å². The van der Waals surface area contributed by atoms with Crippen molar-refractivity contribution in [1.82, 2.24) is 10.2 Å². The Labute approximate surface area is 138 Å². The van der Waals surface area contributed by atoms with Gasteiger partial charge in [0.05, 0.1) is 6.61 Å². The van der Waals surface area contributed by atoms with E-state index in [1.165, 1.54) is 0 Å². The van der Waals surface area contributed by atoms with Crippen molar-refractivity contribution in [2.75, 3.05) is 39.9 Å². The van der Waals surface area contributed by atoms with Gasteiger partial charge in [-0.25, -0.2) is 0 Å². The third-order valence-electron chi connectivity index (χ3n) is 3.85. The van der Waals surface area contributed by atoms with E-state index in [9.17, 15) is 0 Å². The molecule has 1 N–H and O–H groups in total. The second kappa shape index (κ2) is 9.01. The summed E-state index contributed by atoms with van der Waals surface area (Å²) in [7, 11) is 2.09. The first kappa shape index (κ1) is 17.1. The van der Waals surface area contributed by atoms with Crippen LogP contribution in [0.1, 0.15) is 18.9 Å². The van der Waals surface area contributed by atoms with Crippen LogP contribution in [-0.2, 0) is 11.2 Å². The highest BCUT2D eigenvalue weighted by atomic mass is 35.5. The topological polar surface area (TPSA) is 36.9 Å². The van der Waals surface area contributed by atoms with E-state index in [0.29, 0.717) is 5.92 Å². The van der Waals surface area contributed by atoms with Crippen LogP contribution in [0.3, 0.4) is 0 Å². The summed E-state index contributed by atoms with van der Waals surface area (Å²) in [6.07, 6.45) is 2.00. The monoisotopic (exact) mass is 323 g/mol. The van der Waals surface area contributed by atoms with Crippen LogP contribution in [0.4, 0.5) is 0 Å². The van der Waals surface area contributed by atoms with Crippen molar-refractivity contribution in [3.63, 3.8) is 0 Å². The molecule has 1 atom stereocenters. The van der Waals surface area contributed by atoms with Crippen molar-refractivity contribution in [3.8, 4) is 0 Å². The van der Waals surface area contributed by atoms with E-state index in [0.717, 1.165) is 62.2 Å². The molecule has 0 spiro atoms. The molecule has 1 aliphatic rings. The summed E-state index contributed by atoms with van der Waals surface area (Å²) < 4.78 is 5.45. The number of rotatable bonds is 6. The third kappa shape index (κ3) is 5.18. The van der Waals surface area contributed by atoms with Crippen LogP contribution < -0.4 is 5.32 Å². The molecule has 0 bridgehead atoms. The molecule has 0 radical (unpaired) electrons. The molecular formula is C17H26ClN3O. The highest BCUT2D eigenvalue weighted by Gasteiger charge is 2.18. The molecule has 22 heavy (non-hydrogen) atoms. The quantitative estimate of drug-likeness (QED) is 0.646. The Balaban J connectivity index is 1.89. The molecule has 122 valence electrons. The molecule has 4 nitrogen and oxygen atoms in total. The Kier molecular flexibility index (Phi) is 7.00. The minimum atomic E-state index is 0.609. The minimum absolute atomic E-state index is 0.609. The second-order valence-electron chi connectivity index (χ2n) is 5.69. The van der Waals surface area contributed by atoms with Crippen molar-refractivity contribution in [3.05, 3.63) is 34.9 Å². The van der Waals surface area contributed by atoms with E-state index in [2.05, 4.69) is 30.3 Å². The van der Waals surface area contributed by atoms with Gasteiger partial charge in [-0.3, -0.25) is 4.99 Å². The van der Waals surface area contributed by atoms with Crippen LogP contribution in [0.5, 0.6) is 0 Å². The number of benzene rings is 1. The van der Waals surface area contributed by atoms with Gasteiger partial charge in [0.25, 0.3) is 0 Å². The number of aliphatic imine (C=N–C) groups is 1. The van der Waals surface area contributed by atoms with E-state index in [1.54, 1.807) is 0 Å². The molecule has 0 saturated carbocycles. The van der Waals surface area contributed by atoms with E-state index in [1.807, 2.05) is 18.2 Å². The molecule has 1 aromatic rings. The predicted molar refractivity (Wildman–Crippen MR) is 92.7 cm³/mol. The van der Waals surface area contributed by atoms with E-state index in [4.69, 9.17) is 21.3 Å². The van der Waals surface area contributed by atoms with Crippen LogP contribution in [0.15, 0.2) is 29.3 Å². The average molecular weight is 324 g/mol. The number of guanidine groups is 1. The number of hydrogen-bond donors (Lipinski definition) is 1. The molecule has 1 unspecified atom stereocenters. The third-order valence-corrected chi connectivity index (χ3v) is 4.22. The van der Waals surface area contributed by atoms with Crippen LogP contribution in [-0.4, -0.2) is 50.8 Å². The molecule has 1 aliphatic heterocycles. The summed E-state index contributed by atoms with van der Waals surface area (Å²) in [6.45, 7) is 6.43. The molecule has 0 amide bonds. The molecule has 0 aromatic heterocycles. The summed E-state index contributed by atoms with van der Waals surface area (Å²) in [4.78, 5) is 6.93. The van der Waals surface area contributed by atoms with E-state index >= 15 is 0 Å². The van der Waals surface area contributed by atoms with Gasteiger partial charge in [0.15, 0.2) is 5.96 Å². The maximum atomic E-state index is 6.19. The Hall–Kier alpha value is -1.26. The first-order valence-corrected chi connectivity index (χ1v) is 8.39. The molecular weight excluding hydrogens is 298 g/mol. The van der Waals surface area contributed by atoms with Crippen LogP contribution >= 0.6 is 11.6 Å². The first-order chi connectivity index (χ1) is 10.7. The largest absolute Gasteiger partial charge is 0.381 e. The van der Waals surface area contributed by atoms with Crippen LogP contribution in [0.25, 0.3) is 0 Å². The Morgan fingerprint density at radius 2 is 2.27 bits per heavy atom. The van der Waals surface area contributed by atoms with Crippen molar-refractivity contribution < 1.29 is 4.74 Å². The predicted octanol–water partition coefficient (Wildman–Crippen LogP) is 2.82. The van der Waals surface area contributed by atoms with Crippen LogP contribution in [0, 0.1) is 5.92 Å². The van der Waals surface area contributed by atoms with Gasteiger partial charge < -0.3 is 15.0 Å². The number of halogens is 1. The molecule has 1 fully saturated rings. The second-order valence-corrected chi connectivity index (χ2v) is 6.09. The molecule has 2 rings (SSSR count). The SMILES string of the molecule is CCNC(=NCCc1ccccc1Cl)N(C)CC1CCOC1. The lowest BCUT2D eigenvalue weighted by molar-refractivity contribution is 0.181. The first-order valence-electron chi connectivity index (χ1n) is 8.01. The van der Waals surface area contributed by atoms with Crippen molar-refractivity contribution in [2.24, 2.45) is 10.9 Å². The molecule has 1 saturated heterocycles. The zero-order valence-corrected chi connectivity index (χ0v) is 14.3. The highest BCUT2D eigenvalue weighted by molar-refractivity contribution is 6.31. The van der Waals surface area contributed by atoms with Gasteiger partial charge in [-0.05, 0) is 31.4 Å². The lowest BCUT2D eigenvalue weighted by atomic mass is 10.1. The summed E-state index contributed by atoms with van der Waals surface area (Å²) in [5.41, 5.74) is 1.15. The van der Waals surface area contributed by atoms with Gasteiger partial charge in [-0.2, -0.15) is 0 Å². The fourth-order valence-electron chi connectivity index (χ4n) is 2.65. The molecule has 5 heteroatoms. The summed E-state index contributed by atoms with van der Waals surface area (Å²) in [6, 6.07) is 7.96. The summed E-state index contributed by atoms with van der Waals surface area (Å²) in [5, 5.41) is 4.18. The Bertz CT molecular complexity index is 487. The van der Waals surface area contributed by atoms with E-state index in [-0.39, 0.29) is 0 Å². The Morgan fingerprint density at radius 1 is 1.45 bits per heavy atom. The number of nitrogens with one attached hydrogen (secondary N) is 1. The fourth-order valence-corrected chi connectivity index (χ4v) is 2.88. The Morgan fingerprint density at radius 3 is 2.95 bits per heavy atom. The lowest BCUT2D eigenvalue weighted by Crippen LogP contribution is -2.41. The van der Waals surface area contributed by atoms with Gasteiger partial charge in [0.2, 0.25) is 0 Å². The summed E-state index contributed by atoms with van der Waals surface area (Å²) >= 11 is 6.19. The average Bonchev–Trinajstić information content (AvgIpc) is 3.01. The highest BCUT2D eigenvalue weighted by Crippen LogP contribution is 2.16. The van der Waals surface area contributed by atoms with Gasteiger partial charge in [-0.15, -0.1) is 0 Å². The zero-order valence-electron chi connectivity index (χ0n) is 13.5. The maximum Gasteiger partial charge on any atom is 0.193 e. The van der Waals surface area contributed by atoms with Crippen LogP contribution in [0.2, 0.25) is 5.02 Å². The van der Waals surface area contributed by atoms with Gasteiger partial charge in [0, 0.05) is 44.2 Å². The van der Waals surface area contributed by atoms with Gasteiger partial charge >= 0.3 is 0 Å². The van der Waals surface area contributed by atoms with Crippen molar-refractivity contribution >= 4 is 17.6 Å². The number of nitrogens with zero attached hydrogens (tertiary/aromatic N) is 2. The molecule has 0 aliphatic carbocycles. The number of hydrogen-bond acceptors (Lipinski definition) is 2. The minimum Gasteiger partial charge on any atom is -0.381 e. The fraction of sp³-hybridized carbons (Fsp3) is 0.588. The number of ether oxygens (including phenoxy) is 1. The lowest BCUT2D eigenvalue weighted by Gasteiger charge is -2.24. The standard InChI is InChI=1S/C17H26ClN3O/c1-3-19-17(21(2)12-14-9-11-22-13-14)20-10-8-15-6-4-5-7-16(15)18/h4-7,14H,3,8-13H2,1-2H3,(H,19,20). The zero-order chi connectivity index (χ0) is 15.8. The van der Waals surface area contributed by atoms with Gasteiger partial charge in [-0.1, -0.05) is 29.8 Å². The van der Waals surface area contributed by atoms with Crippen molar-refractivity contribution in [1.29, 1.82) is 0 Å². The summed E-state index contributed by atoms with van der Waals surface area (Å²) in [5.74, 6) is 1.57. The van der Waals surface area contributed by atoms with Gasteiger partial charge in [0.1, 0.15) is 0 Å². The molecule has 1 heterocycles. The van der Waals surface area contributed by atoms with E-state index < -0.39 is 0 Å². The smallest absolute Gasteiger partial charge is 0.193 e. The normalized spacial score (nSPS) is 18.5. The maximum absolute atomic E-state index is 6.19.